The summed E-state index contributed by atoms with van der Waals surface area (Å²) < 4.78 is 0. The van der Waals surface area contributed by atoms with Gasteiger partial charge in [-0.15, -0.1) is 0 Å². The Bertz CT molecular complexity index is 581. The van der Waals surface area contributed by atoms with Gasteiger partial charge in [0.1, 0.15) is 0 Å². The van der Waals surface area contributed by atoms with Crippen molar-refractivity contribution < 1.29 is 0 Å². The Labute approximate surface area is 137 Å². The lowest BCUT2D eigenvalue weighted by Gasteiger charge is -2.15. The van der Waals surface area contributed by atoms with Crippen LogP contribution in [0.3, 0.4) is 0 Å². The van der Waals surface area contributed by atoms with Gasteiger partial charge in [-0.25, -0.2) is 0 Å². The molecule has 112 valence electrons. The second-order valence-corrected chi connectivity index (χ2v) is 6.83. The number of hydrogen-bond donors (Lipinski definition) is 0. The van der Waals surface area contributed by atoms with Crippen molar-refractivity contribution in [2.75, 3.05) is 0 Å². The third kappa shape index (κ3) is 3.77. The minimum absolute atomic E-state index is 0.273. The van der Waals surface area contributed by atoms with Crippen LogP contribution in [0.2, 0.25) is 0 Å². The number of benzene rings is 2. The number of aryl methyl sites for hydroxylation is 2. The molecule has 0 radical (unpaired) electrons. The van der Waals surface area contributed by atoms with Crippen LogP contribution in [0.25, 0.3) is 0 Å². The van der Waals surface area contributed by atoms with Crippen LogP contribution in [0.5, 0.6) is 0 Å². The van der Waals surface area contributed by atoms with Crippen molar-refractivity contribution in [3.8, 4) is 0 Å². The van der Waals surface area contributed by atoms with E-state index in [1.165, 1.54) is 27.8 Å². The summed E-state index contributed by atoms with van der Waals surface area (Å²) >= 11 is 3.87. The molecular formula is C20H25Br. The summed E-state index contributed by atoms with van der Waals surface area (Å²) in [6.07, 6.45) is 2.21. The summed E-state index contributed by atoms with van der Waals surface area (Å²) in [6.45, 7) is 8.93. The number of hydrogen-bond acceptors (Lipinski definition) is 0. The SMILES string of the molecule is CCc1ccc(C(Br)c2ccc(C(C)C)cc2)cc1CC. The topological polar surface area (TPSA) is 0 Å². The van der Waals surface area contributed by atoms with Crippen LogP contribution in [-0.4, -0.2) is 0 Å². The van der Waals surface area contributed by atoms with Gasteiger partial charge in [0.2, 0.25) is 0 Å². The number of rotatable bonds is 5. The van der Waals surface area contributed by atoms with Gasteiger partial charge >= 0.3 is 0 Å². The Hall–Kier alpha value is -1.08. The molecule has 2 aromatic carbocycles. The van der Waals surface area contributed by atoms with Crippen LogP contribution in [-0.2, 0) is 12.8 Å². The highest BCUT2D eigenvalue weighted by Crippen LogP contribution is 2.32. The van der Waals surface area contributed by atoms with Crippen LogP contribution in [0.1, 0.15) is 66.3 Å². The fourth-order valence-corrected chi connectivity index (χ4v) is 3.31. The van der Waals surface area contributed by atoms with Crippen molar-refractivity contribution in [1.29, 1.82) is 0 Å². The van der Waals surface area contributed by atoms with Crippen LogP contribution in [0, 0.1) is 0 Å². The van der Waals surface area contributed by atoms with Gasteiger partial charge in [0.25, 0.3) is 0 Å². The number of halogens is 1. The molecule has 0 aliphatic carbocycles. The molecule has 0 bridgehead atoms. The summed E-state index contributed by atoms with van der Waals surface area (Å²) in [4.78, 5) is 0.273. The van der Waals surface area contributed by atoms with E-state index in [0.29, 0.717) is 5.92 Å². The molecule has 0 amide bonds. The van der Waals surface area contributed by atoms with E-state index < -0.39 is 0 Å². The monoisotopic (exact) mass is 344 g/mol. The van der Waals surface area contributed by atoms with Crippen molar-refractivity contribution in [2.24, 2.45) is 0 Å². The van der Waals surface area contributed by atoms with Crippen LogP contribution in [0.15, 0.2) is 42.5 Å². The zero-order chi connectivity index (χ0) is 15.4. The first kappa shape index (κ1) is 16.3. The maximum absolute atomic E-state index is 3.87. The Morgan fingerprint density at radius 1 is 0.762 bits per heavy atom. The Kier molecular flexibility index (Phi) is 5.64. The molecule has 0 heterocycles. The maximum Gasteiger partial charge on any atom is 0.0644 e. The summed E-state index contributed by atoms with van der Waals surface area (Å²) in [5.41, 5.74) is 7.01. The first-order chi connectivity index (χ1) is 10.1. The summed E-state index contributed by atoms with van der Waals surface area (Å²) in [5, 5.41) is 0. The van der Waals surface area contributed by atoms with Crippen molar-refractivity contribution in [2.45, 2.75) is 51.3 Å². The van der Waals surface area contributed by atoms with Crippen LogP contribution < -0.4 is 0 Å². The molecule has 1 atom stereocenters. The van der Waals surface area contributed by atoms with Crippen molar-refractivity contribution in [1.82, 2.24) is 0 Å². The Balaban J connectivity index is 2.28. The lowest BCUT2D eigenvalue weighted by atomic mass is 9.95. The molecule has 0 spiro atoms. The fraction of sp³-hybridized carbons (Fsp3) is 0.400. The quantitative estimate of drug-likeness (QED) is 0.549. The van der Waals surface area contributed by atoms with Gasteiger partial charge < -0.3 is 0 Å². The molecule has 0 fully saturated rings. The third-order valence-electron chi connectivity index (χ3n) is 4.18. The van der Waals surface area contributed by atoms with E-state index in [9.17, 15) is 0 Å². The second-order valence-electron chi connectivity index (χ2n) is 5.92. The molecule has 2 rings (SSSR count). The zero-order valence-corrected chi connectivity index (χ0v) is 15.1. The summed E-state index contributed by atoms with van der Waals surface area (Å²) in [5.74, 6) is 0.586. The van der Waals surface area contributed by atoms with Gasteiger partial charge in [-0.2, -0.15) is 0 Å². The lowest BCUT2D eigenvalue weighted by molar-refractivity contribution is 0.865. The molecule has 0 aliphatic heterocycles. The first-order valence-electron chi connectivity index (χ1n) is 7.92. The molecule has 21 heavy (non-hydrogen) atoms. The normalized spacial score (nSPS) is 12.7. The van der Waals surface area contributed by atoms with E-state index in [1.54, 1.807) is 0 Å². The highest BCUT2D eigenvalue weighted by atomic mass is 79.9. The zero-order valence-electron chi connectivity index (χ0n) is 13.5. The number of alkyl halides is 1. The molecule has 2 aromatic rings. The molecular weight excluding hydrogens is 320 g/mol. The highest BCUT2D eigenvalue weighted by Gasteiger charge is 2.12. The van der Waals surface area contributed by atoms with E-state index in [0.717, 1.165) is 12.8 Å². The molecule has 0 N–H and O–H groups in total. The molecule has 1 heteroatoms. The van der Waals surface area contributed by atoms with E-state index in [2.05, 4.69) is 86.1 Å². The third-order valence-corrected chi connectivity index (χ3v) is 5.24. The molecule has 0 saturated heterocycles. The molecule has 0 aromatic heterocycles. The predicted octanol–water partition coefficient (Wildman–Crippen LogP) is 6.42. The van der Waals surface area contributed by atoms with Gasteiger partial charge in [0.05, 0.1) is 4.83 Å². The van der Waals surface area contributed by atoms with Gasteiger partial charge in [-0.1, -0.05) is 86.1 Å². The van der Waals surface area contributed by atoms with E-state index in [1.807, 2.05) is 0 Å². The van der Waals surface area contributed by atoms with E-state index in [4.69, 9.17) is 0 Å². The second kappa shape index (κ2) is 7.26. The van der Waals surface area contributed by atoms with Gasteiger partial charge in [0.15, 0.2) is 0 Å². The molecule has 1 unspecified atom stereocenters. The largest absolute Gasteiger partial charge is 0.0786 e. The minimum atomic E-state index is 0.273. The van der Waals surface area contributed by atoms with Crippen molar-refractivity contribution >= 4 is 15.9 Å². The highest BCUT2D eigenvalue weighted by molar-refractivity contribution is 9.09. The minimum Gasteiger partial charge on any atom is -0.0786 e. The standard InChI is InChI=1S/C20H25Br/c1-5-15-7-12-19(13-16(15)6-2)20(21)18-10-8-17(9-11-18)14(3)4/h7-14,20H,5-6H2,1-4H3. The first-order valence-corrected chi connectivity index (χ1v) is 8.84. The van der Waals surface area contributed by atoms with E-state index in [-0.39, 0.29) is 4.83 Å². The molecule has 0 saturated carbocycles. The molecule has 0 aliphatic rings. The van der Waals surface area contributed by atoms with Crippen LogP contribution in [0.4, 0.5) is 0 Å². The average Bonchev–Trinajstić information content (AvgIpc) is 2.53. The lowest BCUT2D eigenvalue weighted by Crippen LogP contribution is -1.98. The van der Waals surface area contributed by atoms with E-state index >= 15 is 0 Å². The Morgan fingerprint density at radius 3 is 1.81 bits per heavy atom. The summed E-state index contributed by atoms with van der Waals surface area (Å²) in [7, 11) is 0. The Morgan fingerprint density at radius 2 is 1.29 bits per heavy atom. The van der Waals surface area contributed by atoms with Gasteiger partial charge in [-0.05, 0) is 46.6 Å². The van der Waals surface area contributed by atoms with Crippen molar-refractivity contribution in [3.05, 3.63) is 70.3 Å². The van der Waals surface area contributed by atoms with Crippen LogP contribution >= 0.6 is 15.9 Å². The van der Waals surface area contributed by atoms with Crippen molar-refractivity contribution in [3.63, 3.8) is 0 Å². The maximum atomic E-state index is 3.87. The smallest absolute Gasteiger partial charge is 0.0644 e. The van der Waals surface area contributed by atoms with Gasteiger partial charge in [-0.3, -0.25) is 0 Å². The molecule has 0 nitrogen and oxygen atoms in total. The summed E-state index contributed by atoms with van der Waals surface area (Å²) in [6, 6.07) is 15.9. The average molecular weight is 345 g/mol. The fourth-order valence-electron chi connectivity index (χ4n) is 2.72. The predicted molar refractivity (Wildman–Crippen MR) is 96.5 cm³/mol. The van der Waals surface area contributed by atoms with Gasteiger partial charge in [0, 0.05) is 0 Å².